The predicted molar refractivity (Wildman–Crippen MR) is 141 cm³/mol. The smallest absolute Gasteiger partial charge is 0.325 e. The van der Waals surface area contributed by atoms with Crippen LogP contribution in [0.15, 0.2) is 36.4 Å². The Bertz CT molecular complexity index is 1500. The fourth-order valence-electron chi connectivity index (χ4n) is 4.97. The van der Waals surface area contributed by atoms with Gasteiger partial charge in [-0.2, -0.15) is 0 Å². The number of methoxy groups -OCH3 is 1. The summed E-state index contributed by atoms with van der Waals surface area (Å²) in [7, 11) is 1.51. The van der Waals surface area contributed by atoms with E-state index in [1.54, 1.807) is 23.1 Å². The number of piperidine rings is 1. The Morgan fingerprint density at radius 3 is 2.64 bits per heavy atom. The first kappa shape index (κ1) is 26.4. The molecule has 39 heavy (non-hydrogen) atoms. The third kappa shape index (κ3) is 4.99. The lowest BCUT2D eigenvalue weighted by Gasteiger charge is -2.44. The lowest BCUT2D eigenvalue weighted by molar-refractivity contribution is -0.138. The van der Waals surface area contributed by atoms with Crippen LogP contribution in [0.4, 0.5) is 14.2 Å². The van der Waals surface area contributed by atoms with Crippen LogP contribution in [0.3, 0.4) is 0 Å². The van der Waals surface area contributed by atoms with E-state index in [1.165, 1.54) is 32.2 Å². The van der Waals surface area contributed by atoms with Crippen molar-refractivity contribution in [1.82, 2.24) is 10.2 Å². The zero-order valence-corrected chi connectivity index (χ0v) is 22.0. The highest BCUT2D eigenvalue weighted by Gasteiger charge is 2.44. The number of benzene rings is 2. The fourth-order valence-corrected chi connectivity index (χ4v) is 6.15. The van der Waals surface area contributed by atoms with Gasteiger partial charge in [0, 0.05) is 31.3 Å². The van der Waals surface area contributed by atoms with Gasteiger partial charge < -0.3 is 24.8 Å². The highest BCUT2D eigenvalue weighted by atomic mass is 32.1. The van der Waals surface area contributed by atoms with Gasteiger partial charge in [-0.05, 0) is 31.2 Å². The molecule has 3 N–H and O–H groups in total. The average Bonchev–Trinajstić information content (AvgIpc) is 3.26. The number of halogens is 1. The molecule has 1 atom stereocenters. The molecular formula is C27H26FN3O7S. The van der Waals surface area contributed by atoms with Gasteiger partial charge in [-0.1, -0.05) is 12.1 Å². The van der Waals surface area contributed by atoms with E-state index in [0.717, 1.165) is 11.3 Å². The summed E-state index contributed by atoms with van der Waals surface area (Å²) in [6.07, 6.45) is 0.886. The van der Waals surface area contributed by atoms with Gasteiger partial charge in [-0.15, -0.1) is 11.3 Å². The van der Waals surface area contributed by atoms with Gasteiger partial charge in [-0.25, -0.2) is 9.18 Å². The Hall–Kier alpha value is -4.19. The zero-order chi connectivity index (χ0) is 27.9. The molecule has 3 aromatic rings. The normalized spacial score (nSPS) is 16.8. The van der Waals surface area contributed by atoms with Crippen molar-refractivity contribution in [3.8, 4) is 11.5 Å². The maximum absolute atomic E-state index is 13.9. The number of anilines is 1. The first-order valence-corrected chi connectivity index (χ1v) is 13.1. The average molecular weight is 556 g/mol. The summed E-state index contributed by atoms with van der Waals surface area (Å²) in [5.41, 5.74) is -0.291. The number of carbonyl (C=O) groups excluding carboxylic acids is 3. The highest BCUT2D eigenvalue weighted by Crippen LogP contribution is 2.43. The third-order valence-corrected chi connectivity index (χ3v) is 8.21. The van der Waals surface area contributed by atoms with Crippen LogP contribution in [0.5, 0.6) is 11.5 Å². The molecular weight excluding hydrogens is 529 g/mol. The lowest BCUT2D eigenvalue weighted by atomic mass is 9.82. The Morgan fingerprint density at radius 1 is 1.21 bits per heavy atom. The van der Waals surface area contributed by atoms with E-state index in [1.807, 2.05) is 0 Å². The van der Waals surface area contributed by atoms with Gasteiger partial charge in [-0.3, -0.25) is 19.7 Å². The van der Waals surface area contributed by atoms with Gasteiger partial charge in [0.2, 0.25) is 0 Å². The second kappa shape index (κ2) is 10.2. The molecule has 2 aliphatic rings. The molecule has 0 saturated carbocycles. The number of ketones is 1. The van der Waals surface area contributed by atoms with Crippen molar-refractivity contribution in [2.24, 2.45) is 0 Å². The van der Waals surface area contributed by atoms with Crippen molar-refractivity contribution >= 4 is 50.1 Å². The van der Waals surface area contributed by atoms with Crippen molar-refractivity contribution in [3.63, 3.8) is 0 Å². The number of ether oxygens (including phenoxy) is 2. The van der Waals surface area contributed by atoms with Crippen LogP contribution in [-0.4, -0.2) is 65.5 Å². The molecule has 2 aliphatic heterocycles. The van der Waals surface area contributed by atoms with E-state index in [4.69, 9.17) is 14.6 Å². The molecule has 1 saturated heterocycles. The van der Waals surface area contributed by atoms with E-state index in [-0.39, 0.29) is 34.2 Å². The van der Waals surface area contributed by atoms with Gasteiger partial charge in [0.25, 0.3) is 5.91 Å². The number of carboxylic acid groups (broad SMARTS) is 1. The number of urea groups is 1. The molecule has 204 valence electrons. The van der Waals surface area contributed by atoms with Crippen LogP contribution in [0.25, 0.3) is 10.1 Å². The molecule has 1 aromatic heterocycles. The fraction of sp³-hybridized carbons (Fsp3) is 0.333. The molecule has 12 heteroatoms. The summed E-state index contributed by atoms with van der Waals surface area (Å²) < 4.78 is 25.9. The molecule has 3 amide bonds. The SMILES string of the molecule is COc1cccc2c(C(=O)N3CCC4(CC3)CC(=O)c3cc(F)ccc3O4)c(NC(=O)N[C@@H](C)C(=O)O)sc12. The molecule has 5 rings (SSSR count). The van der Waals surface area contributed by atoms with E-state index in [2.05, 4.69) is 10.6 Å². The van der Waals surface area contributed by atoms with Crippen molar-refractivity contribution < 1.29 is 38.1 Å². The number of likely N-dealkylation sites (tertiary alicyclic amines) is 1. The second-order valence-electron chi connectivity index (χ2n) is 9.62. The molecule has 0 bridgehead atoms. The van der Waals surface area contributed by atoms with Crippen LogP contribution in [0.2, 0.25) is 0 Å². The first-order chi connectivity index (χ1) is 18.6. The van der Waals surface area contributed by atoms with Crippen molar-refractivity contribution in [2.75, 3.05) is 25.5 Å². The number of nitrogens with zero attached hydrogens (tertiary/aromatic N) is 1. The highest BCUT2D eigenvalue weighted by molar-refractivity contribution is 7.23. The number of fused-ring (bicyclic) bond motifs is 2. The molecule has 3 heterocycles. The Labute approximate surface area is 226 Å². The number of aliphatic carboxylic acids is 1. The van der Waals surface area contributed by atoms with Gasteiger partial charge in [0.05, 0.1) is 29.4 Å². The van der Waals surface area contributed by atoms with E-state index >= 15 is 0 Å². The summed E-state index contributed by atoms with van der Waals surface area (Å²) >= 11 is 1.15. The summed E-state index contributed by atoms with van der Waals surface area (Å²) in [6.45, 7) is 1.93. The zero-order valence-electron chi connectivity index (χ0n) is 21.2. The van der Waals surface area contributed by atoms with Crippen molar-refractivity contribution in [2.45, 2.75) is 37.8 Å². The predicted octanol–water partition coefficient (Wildman–Crippen LogP) is 4.28. The van der Waals surface area contributed by atoms with Crippen LogP contribution in [0, 0.1) is 5.82 Å². The topological polar surface area (TPSA) is 134 Å². The van der Waals surface area contributed by atoms with Crippen LogP contribution >= 0.6 is 11.3 Å². The maximum Gasteiger partial charge on any atom is 0.325 e. The van der Waals surface area contributed by atoms with Crippen LogP contribution < -0.4 is 20.1 Å². The maximum atomic E-state index is 13.9. The second-order valence-corrected chi connectivity index (χ2v) is 10.6. The number of amides is 3. The van der Waals surface area contributed by atoms with E-state index in [0.29, 0.717) is 47.5 Å². The minimum absolute atomic E-state index is 0.0960. The molecule has 0 aliphatic carbocycles. The van der Waals surface area contributed by atoms with Gasteiger partial charge >= 0.3 is 12.0 Å². The summed E-state index contributed by atoms with van der Waals surface area (Å²) in [6, 6.07) is 7.25. The molecule has 1 fully saturated rings. The number of carbonyl (C=O) groups is 4. The summed E-state index contributed by atoms with van der Waals surface area (Å²) in [5.74, 6) is -1.35. The van der Waals surface area contributed by atoms with Gasteiger partial charge in [0.15, 0.2) is 5.78 Å². The molecule has 2 aromatic carbocycles. The van der Waals surface area contributed by atoms with Crippen LogP contribution in [-0.2, 0) is 4.79 Å². The number of Topliss-reactive ketones (excluding diaryl/α,β-unsaturated/α-hetero) is 1. The molecule has 10 nitrogen and oxygen atoms in total. The van der Waals surface area contributed by atoms with Crippen LogP contribution in [0.1, 0.15) is 46.9 Å². The number of nitrogens with one attached hydrogen (secondary N) is 2. The monoisotopic (exact) mass is 555 g/mol. The number of rotatable bonds is 5. The first-order valence-electron chi connectivity index (χ1n) is 12.3. The van der Waals surface area contributed by atoms with Crippen molar-refractivity contribution in [1.29, 1.82) is 0 Å². The van der Waals surface area contributed by atoms with Gasteiger partial charge in [0.1, 0.15) is 34.0 Å². The third-order valence-electron chi connectivity index (χ3n) is 7.07. The number of hydrogen-bond donors (Lipinski definition) is 3. The Kier molecular flexibility index (Phi) is 6.89. The Morgan fingerprint density at radius 2 is 1.95 bits per heavy atom. The number of thiophene rings is 1. The minimum Gasteiger partial charge on any atom is -0.495 e. The molecule has 0 radical (unpaired) electrons. The Balaban J connectivity index is 1.39. The largest absolute Gasteiger partial charge is 0.495 e. The van der Waals surface area contributed by atoms with E-state index < -0.39 is 29.5 Å². The van der Waals surface area contributed by atoms with E-state index in [9.17, 15) is 23.6 Å². The lowest BCUT2D eigenvalue weighted by Crippen LogP contribution is -2.52. The standard InChI is InChI=1S/C27H26FN3O7S/c1-14(25(34)35)29-26(36)30-23-21(16-4-3-5-20(37-2)22(16)39-23)24(33)31-10-8-27(9-11-31)13-18(32)17-12-15(28)6-7-19(17)38-27/h3-7,12,14H,8-11,13H2,1-2H3,(H,34,35)(H2,29,30,36)/t14-/m0/s1. The number of carboxylic acids is 1. The summed E-state index contributed by atoms with van der Waals surface area (Å²) in [4.78, 5) is 52.0. The van der Waals surface area contributed by atoms with Crippen molar-refractivity contribution in [3.05, 3.63) is 53.3 Å². The molecule has 1 spiro atoms. The number of hydrogen-bond acceptors (Lipinski definition) is 7. The summed E-state index contributed by atoms with van der Waals surface area (Å²) in [5, 5.41) is 14.9. The minimum atomic E-state index is -1.20. The quantitative estimate of drug-likeness (QED) is 0.428. The molecule has 0 unspecified atom stereocenters.